The summed E-state index contributed by atoms with van der Waals surface area (Å²) >= 11 is 1.09. The highest BCUT2D eigenvalue weighted by Crippen LogP contribution is 2.21. The number of fused-ring (bicyclic) bond motifs is 1. The van der Waals surface area contributed by atoms with Gasteiger partial charge in [0.1, 0.15) is 6.29 Å². The third kappa shape index (κ3) is 1.61. The number of carbonyl (C=O) groups excluding carboxylic acids is 1. The molecule has 3 nitrogen and oxygen atoms in total. The molecule has 72 valence electrons. The summed E-state index contributed by atoms with van der Waals surface area (Å²) in [6, 6.07) is 5.59. The predicted molar refractivity (Wildman–Crippen MR) is 54.7 cm³/mol. The van der Waals surface area contributed by atoms with Crippen LogP contribution in [-0.4, -0.2) is 6.29 Å². The highest BCUT2D eigenvalue weighted by Gasteiger charge is 2.06. The van der Waals surface area contributed by atoms with Gasteiger partial charge in [0.25, 0.3) is 0 Å². The molecule has 1 heterocycles. The molecule has 0 aliphatic heterocycles. The lowest BCUT2D eigenvalue weighted by Gasteiger charge is -1.96. The van der Waals surface area contributed by atoms with Gasteiger partial charge in [0.05, 0.1) is 4.70 Å². The standard InChI is InChI=1S/C10H8O3S/c11-6-2-4-7-3-1-5-8-9(7)13-10(12)14-8/h1,3,5-6H,2,4H2. The SMILES string of the molecule is O=CCCc1cccc2sc(=O)oc12. The van der Waals surface area contributed by atoms with Gasteiger partial charge in [0, 0.05) is 6.42 Å². The molecule has 0 aliphatic rings. The van der Waals surface area contributed by atoms with Crippen LogP contribution in [0.1, 0.15) is 12.0 Å². The molecule has 0 amide bonds. The van der Waals surface area contributed by atoms with Crippen molar-refractivity contribution >= 4 is 27.9 Å². The van der Waals surface area contributed by atoms with E-state index in [1.165, 1.54) is 0 Å². The van der Waals surface area contributed by atoms with Gasteiger partial charge in [-0.05, 0) is 18.1 Å². The van der Waals surface area contributed by atoms with Crippen LogP contribution in [0.15, 0.2) is 27.4 Å². The minimum atomic E-state index is -0.293. The first kappa shape index (κ1) is 9.15. The van der Waals surface area contributed by atoms with Crippen LogP contribution in [0, 0.1) is 0 Å². The summed E-state index contributed by atoms with van der Waals surface area (Å²) < 4.78 is 5.89. The van der Waals surface area contributed by atoms with Gasteiger partial charge >= 0.3 is 4.94 Å². The molecule has 0 N–H and O–H groups in total. The van der Waals surface area contributed by atoms with Gasteiger partial charge in [-0.3, -0.25) is 0 Å². The van der Waals surface area contributed by atoms with Crippen LogP contribution in [0.2, 0.25) is 0 Å². The molecule has 0 saturated carbocycles. The Morgan fingerprint density at radius 1 is 1.43 bits per heavy atom. The fourth-order valence-electron chi connectivity index (χ4n) is 1.36. The topological polar surface area (TPSA) is 47.3 Å². The number of aldehydes is 1. The zero-order valence-electron chi connectivity index (χ0n) is 7.36. The van der Waals surface area contributed by atoms with Crippen LogP contribution in [0.5, 0.6) is 0 Å². The summed E-state index contributed by atoms with van der Waals surface area (Å²) in [5, 5.41) is 0. The molecular weight excluding hydrogens is 200 g/mol. The summed E-state index contributed by atoms with van der Waals surface area (Å²) in [5.74, 6) is 0. The van der Waals surface area contributed by atoms with Crippen molar-refractivity contribution in [1.29, 1.82) is 0 Å². The monoisotopic (exact) mass is 208 g/mol. The largest absolute Gasteiger partial charge is 0.414 e. The summed E-state index contributed by atoms with van der Waals surface area (Å²) in [7, 11) is 0. The van der Waals surface area contributed by atoms with E-state index >= 15 is 0 Å². The Labute approximate surface area is 84.0 Å². The Balaban J connectivity index is 2.52. The summed E-state index contributed by atoms with van der Waals surface area (Å²) in [5.41, 5.74) is 1.55. The molecule has 0 saturated heterocycles. The van der Waals surface area contributed by atoms with E-state index in [9.17, 15) is 9.59 Å². The molecule has 2 rings (SSSR count). The molecular formula is C10H8O3S. The molecule has 0 atom stereocenters. The molecule has 1 aromatic heterocycles. The normalized spacial score (nSPS) is 10.6. The maximum absolute atomic E-state index is 11.0. The predicted octanol–water partition coefficient (Wildman–Crippen LogP) is 1.99. The van der Waals surface area contributed by atoms with E-state index in [2.05, 4.69) is 0 Å². The van der Waals surface area contributed by atoms with Crippen molar-refractivity contribution in [3.8, 4) is 0 Å². The number of hydrogen-bond donors (Lipinski definition) is 0. The van der Waals surface area contributed by atoms with Crippen molar-refractivity contribution in [2.75, 3.05) is 0 Å². The first-order valence-corrected chi connectivity index (χ1v) is 5.08. The van der Waals surface area contributed by atoms with Crippen LogP contribution < -0.4 is 4.94 Å². The fraction of sp³-hybridized carbons (Fsp3) is 0.200. The first-order chi connectivity index (χ1) is 6.81. The van der Waals surface area contributed by atoms with E-state index in [1.807, 2.05) is 18.2 Å². The Hall–Kier alpha value is -1.42. The molecule has 0 aliphatic carbocycles. The van der Waals surface area contributed by atoms with Crippen molar-refractivity contribution < 1.29 is 9.21 Å². The van der Waals surface area contributed by atoms with Crippen LogP contribution in [-0.2, 0) is 11.2 Å². The van der Waals surface area contributed by atoms with Crippen molar-refractivity contribution in [3.05, 3.63) is 33.5 Å². The summed E-state index contributed by atoms with van der Waals surface area (Å²) in [6.07, 6.45) is 1.95. The number of benzene rings is 1. The number of aryl methyl sites for hydroxylation is 1. The van der Waals surface area contributed by atoms with Gasteiger partial charge in [0.2, 0.25) is 0 Å². The quantitative estimate of drug-likeness (QED) is 0.724. The fourth-order valence-corrected chi connectivity index (χ4v) is 2.08. The average Bonchev–Trinajstić information content (AvgIpc) is 2.55. The lowest BCUT2D eigenvalue weighted by Crippen LogP contribution is -1.87. The van der Waals surface area contributed by atoms with Gasteiger partial charge in [-0.1, -0.05) is 23.5 Å². The number of carbonyl (C=O) groups is 1. The third-order valence-electron chi connectivity index (χ3n) is 1.97. The van der Waals surface area contributed by atoms with Gasteiger partial charge in [-0.2, -0.15) is 0 Å². The number of hydrogen-bond acceptors (Lipinski definition) is 4. The number of rotatable bonds is 3. The van der Waals surface area contributed by atoms with Crippen molar-refractivity contribution in [1.82, 2.24) is 0 Å². The van der Waals surface area contributed by atoms with Gasteiger partial charge in [-0.15, -0.1) is 0 Å². The van der Waals surface area contributed by atoms with Crippen LogP contribution in [0.3, 0.4) is 0 Å². The smallest absolute Gasteiger partial charge is 0.396 e. The highest BCUT2D eigenvalue weighted by molar-refractivity contribution is 7.16. The molecule has 0 bridgehead atoms. The Kier molecular flexibility index (Phi) is 2.45. The molecule has 2 aromatic rings. The number of para-hydroxylation sites is 1. The van der Waals surface area contributed by atoms with Crippen molar-refractivity contribution in [2.45, 2.75) is 12.8 Å². The van der Waals surface area contributed by atoms with E-state index in [4.69, 9.17) is 4.42 Å². The second-order valence-corrected chi connectivity index (χ2v) is 3.88. The maximum Gasteiger partial charge on any atom is 0.396 e. The molecule has 0 radical (unpaired) electrons. The first-order valence-electron chi connectivity index (χ1n) is 4.26. The average molecular weight is 208 g/mol. The lowest BCUT2D eigenvalue weighted by molar-refractivity contribution is -0.107. The van der Waals surface area contributed by atoms with E-state index in [-0.39, 0.29) is 4.94 Å². The lowest BCUT2D eigenvalue weighted by atomic mass is 10.1. The minimum Gasteiger partial charge on any atom is -0.414 e. The molecule has 1 aromatic carbocycles. The Morgan fingerprint density at radius 2 is 2.29 bits per heavy atom. The molecule has 0 spiro atoms. The van der Waals surface area contributed by atoms with Gasteiger partial charge in [0.15, 0.2) is 5.58 Å². The van der Waals surface area contributed by atoms with Crippen molar-refractivity contribution in [2.24, 2.45) is 0 Å². The zero-order valence-corrected chi connectivity index (χ0v) is 8.17. The Morgan fingerprint density at radius 3 is 3.07 bits per heavy atom. The van der Waals surface area contributed by atoms with E-state index in [1.54, 1.807) is 0 Å². The van der Waals surface area contributed by atoms with E-state index in [0.717, 1.165) is 27.9 Å². The van der Waals surface area contributed by atoms with Gasteiger partial charge in [-0.25, -0.2) is 4.79 Å². The molecule has 4 heteroatoms. The molecule has 0 unspecified atom stereocenters. The second kappa shape index (κ2) is 3.75. The second-order valence-electron chi connectivity index (χ2n) is 2.90. The van der Waals surface area contributed by atoms with Crippen LogP contribution in [0.4, 0.5) is 0 Å². The molecule has 14 heavy (non-hydrogen) atoms. The van der Waals surface area contributed by atoms with Crippen LogP contribution in [0.25, 0.3) is 10.3 Å². The Bertz CT molecular complexity index is 509. The zero-order chi connectivity index (χ0) is 9.97. The third-order valence-corrected chi connectivity index (χ3v) is 2.76. The van der Waals surface area contributed by atoms with E-state index < -0.39 is 0 Å². The summed E-state index contributed by atoms with van der Waals surface area (Å²) in [6.45, 7) is 0. The summed E-state index contributed by atoms with van der Waals surface area (Å²) in [4.78, 5) is 20.9. The maximum atomic E-state index is 11.0. The molecule has 0 fully saturated rings. The van der Waals surface area contributed by atoms with Crippen LogP contribution >= 0.6 is 11.3 Å². The minimum absolute atomic E-state index is 0.293. The van der Waals surface area contributed by atoms with E-state index in [0.29, 0.717) is 18.4 Å². The van der Waals surface area contributed by atoms with Gasteiger partial charge < -0.3 is 9.21 Å². The highest BCUT2D eigenvalue weighted by atomic mass is 32.1. The van der Waals surface area contributed by atoms with Crippen molar-refractivity contribution in [3.63, 3.8) is 0 Å².